The molecule has 2 aromatic carbocycles. The average Bonchev–Trinajstić information content (AvgIpc) is 3.01. The highest BCUT2D eigenvalue weighted by Crippen LogP contribution is 2.34. The Balaban J connectivity index is 1.38. The number of nitrogens with zero attached hydrogens (tertiary/aromatic N) is 3. The van der Waals surface area contributed by atoms with Crippen LogP contribution in [0.15, 0.2) is 47.6 Å². The first-order chi connectivity index (χ1) is 16.4. The summed E-state index contributed by atoms with van der Waals surface area (Å²) in [4.78, 5) is 12.8. The van der Waals surface area contributed by atoms with Gasteiger partial charge >= 0.3 is 0 Å². The number of amides is 1. The van der Waals surface area contributed by atoms with Crippen LogP contribution in [0.5, 0.6) is 11.5 Å². The number of rotatable bonds is 8. The predicted octanol–water partition coefficient (Wildman–Crippen LogP) is 3.49. The average molecular weight is 486 g/mol. The zero-order valence-electron chi connectivity index (χ0n) is 19.2. The number of nitrogen functional groups attached to an aromatic ring is 1. The van der Waals surface area contributed by atoms with Gasteiger partial charge in [0.25, 0.3) is 0 Å². The van der Waals surface area contributed by atoms with Crippen LogP contribution in [0.2, 0.25) is 0 Å². The van der Waals surface area contributed by atoms with Crippen LogP contribution in [-0.2, 0) is 11.2 Å². The summed E-state index contributed by atoms with van der Waals surface area (Å²) < 4.78 is 26.7. The van der Waals surface area contributed by atoms with Gasteiger partial charge in [0.2, 0.25) is 11.1 Å². The third kappa shape index (κ3) is 5.61. The lowest BCUT2D eigenvalue weighted by Gasteiger charge is -2.23. The Morgan fingerprint density at radius 2 is 1.94 bits per heavy atom. The highest BCUT2D eigenvalue weighted by Gasteiger charge is 2.22. The molecule has 0 bridgehead atoms. The van der Waals surface area contributed by atoms with Gasteiger partial charge in [0.05, 0.1) is 25.0 Å². The predicted molar refractivity (Wildman–Crippen MR) is 128 cm³/mol. The minimum Gasteiger partial charge on any atom is -0.490 e. The number of carbonyl (C=O) groups excluding carboxylic acids is 1. The highest BCUT2D eigenvalue weighted by atomic mass is 32.2. The molecule has 1 aliphatic rings. The number of fused-ring (bicyclic) bond motifs is 1. The third-order valence-electron chi connectivity index (χ3n) is 5.49. The van der Waals surface area contributed by atoms with Crippen LogP contribution in [0, 0.1) is 11.7 Å². The molecule has 0 radical (unpaired) electrons. The van der Waals surface area contributed by atoms with Crippen LogP contribution >= 0.6 is 11.8 Å². The summed E-state index contributed by atoms with van der Waals surface area (Å²) in [6, 6.07) is 12.0. The Labute approximate surface area is 202 Å². The maximum Gasteiger partial charge on any atom is 0.230 e. The van der Waals surface area contributed by atoms with Crippen molar-refractivity contribution >= 4 is 17.7 Å². The molecule has 1 aromatic heterocycles. The molecule has 34 heavy (non-hydrogen) atoms. The molecular weight excluding hydrogens is 457 g/mol. The number of thioether (sulfide) groups is 1. The van der Waals surface area contributed by atoms with Crippen molar-refractivity contribution in [1.29, 1.82) is 0 Å². The quantitative estimate of drug-likeness (QED) is 0.372. The molecule has 0 unspecified atom stereocenters. The number of hydrogen-bond acceptors (Lipinski definition) is 7. The molecule has 3 N–H and O–H groups in total. The van der Waals surface area contributed by atoms with Gasteiger partial charge in [-0.05, 0) is 35.2 Å². The van der Waals surface area contributed by atoms with Gasteiger partial charge in [0, 0.05) is 12.8 Å². The van der Waals surface area contributed by atoms with Gasteiger partial charge < -0.3 is 20.6 Å². The van der Waals surface area contributed by atoms with Gasteiger partial charge in [0.15, 0.2) is 17.3 Å². The monoisotopic (exact) mass is 485 g/mol. The molecule has 10 heteroatoms. The number of halogens is 1. The van der Waals surface area contributed by atoms with E-state index in [-0.39, 0.29) is 35.9 Å². The summed E-state index contributed by atoms with van der Waals surface area (Å²) in [5.41, 5.74) is 1.43. The van der Waals surface area contributed by atoms with E-state index in [0.717, 1.165) is 17.7 Å². The number of benzene rings is 2. The van der Waals surface area contributed by atoms with Crippen molar-refractivity contribution < 1.29 is 18.7 Å². The molecule has 1 atom stereocenters. The van der Waals surface area contributed by atoms with Gasteiger partial charge in [-0.1, -0.05) is 49.9 Å². The van der Waals surface area contributed by atoms with Crippen molar-refractivity contribution in [3.63, 3.8) is 0 Å². The number of hydrogen-bond donors (Lipinski definition) is 2. The summed E-state index contributed by atoms with van der Waals surface area (Å²) in [5, 5.41) is 11.6. The molecule has 0 spiro atoms. The number of nitrogens with two attached hydrogens (primary N) is 1. The van der Waals surface area contributed by atoms with Crippen LogP contribution < -0.4 is 20.6 Å². The molecule has 0 saturated carbocycles. The number of carbonyl (C=O) groups is 1. The van der Waals surface area contributed by atoms with E-state index < -0.39 is 0 Å². The molecule has 0 fully saturated rings. The Bertz CT molecular complexity index is 1150. The number of aromatic nitrogens is 3. The van der Waals surface area contributed by atoms with E-state index >= 15 is 0 Å². The van der Waals surface area contributed by atoms with Crippen molar-refractivity contribution in [2.24, 2.45) is 5.92 Å². The molecule has 1 aliphatic heterocycles. The Morgan fingerprint density at radius 1 is 1.18 bits per heavy atom. The van der Waals surface area contributed by atoms with Crippen LogP contribution in [0.1, 0.15) is 43.3 Å². The number of ether oxygens (including phenoxy) is 2. The standard InChI is InChI=1S/C24H28FN5O3S/c1-15(2)23(17-8-9-19-20(12-17)33-11-5-10-32-19)27-22(31)14-34-24-29-28-21(30(24)26)13-16-6-3-4-7-18(16)25/h3-4,6-9,12,15,23H,5,10-11,13-14,26H2,1-2H3,(H,27,31)/t23-/m0/s1. The van der Waals surface area contributed by atoms with Crippen molar-refractivity contribution in [3.8, 4) is 11.5 Å². The van der Waals surface area contributed by atoms with E-state index in [1.54, 1.807) is 18.2 Å². The van der Waals surface area contributed by atoms with Gasteiger partial charge in [-0.15, -0.1) is 10.2 Å². The lowest BCUT2D eigenvalue weighted by Crippen LogP contribution is -2.33. The summed E-state index contributed by atoms with van der Waals surface area (Å²) in [5.74, 6) is 7.72. The van der Waals surface area contributed by atoms with E-state index in [0.29, 0.717) is 35.5 Å². The molecule has 3 aromatic rings. The third-order valence-corrected chi connectivity index (χ3v) is 6.43. The summed E-state index contributed by atoms with van der Waals surface area (Å²) in [6.45, 7) is 5.32. The van der Waals surface area contributed by atoms with Crippen LogP contribution in [-0.4, -0.2) is 39.7 Å². The van der Waals surface area contributed by atoms with Gasteiger partial charge in [-0.25, -0.2) is 9.07 Å². The Kier molecular flexibility index (Phi) is 7.56. The van der Waals surface area contributed by atoms with E-state index in [1.165, 1.54) is 22.5 Å². The van der Waals surface area contributed by atoms with Crippen molar-refractivity contribution in [2.75, 3.05) is 24.8 Å². The fourth-order valence-corrected chi connectivity index (χ4v) is 4.38. The molecule has 0 saturated heterocycles. The smallest absolute Gasteiger partial charge is 0.230 e. The molecule has 8 nitrogen and oxygen atoms in total. The van der Waals surface area contributed by atoms with Gasteiger partial charge in [-0.3, -0.25) is 4.79 Å². The molecule has 1 amide bonds. The zero-order chi connectivity index (χ0) is 24.1. The number of nitrogens with one attached hydrogen (secondary N) is 1. The summed E-state index contributed by atoms with van der Waals surface area (Å²) in [6.07, 6.45) is 1.04. The van der Waals surface area contributed by atoms with E-state index in [4.69, 9.17) is 15.3 Å². The second kappa shape index (κ2) is 10.8. The van der Waals surface area contributed by atoms with Crippen LogP contribution in [0.4, 0.5) is 4.39 Å². The normalized spacial score (nSPS) is 14.0. The molecule has 2 heterocycles. The van der Waals surface area contributed by atoms with Crippen molar-refractivity contribution in [2.45, 2.75) is 37.9 Å². The Hall–Kier alpha value is -3.27. The minimum atomic E-state index is -0.325. The maximum atomic E-state index is 13.9. The van der Waals surface area contributed by atoms with E-state index in [1.807, 2.05) is 32.0 Å². The topological polar surface area (TPSA) is 104 Å². The van der Waals surface area contributed by atoms with Crippen LogP contribution in [0.25, 0.3) is 0 Å². The zero-order valence-corrected chi connectivity index (χ0v) is 20.0. The van der Waals surface area contributed by atoms with Gasteiger partial charge in [-0.2, -0.15) is 0 Å². The second-order valence-corrected chi connectivity index (χ2v) is 9.31. The molecular formula is C24H28FN5O3S. The SMILES string of the molecule is CC(C)[C@H](NC(=O)CSc1nnc(Cc2ccccc2F)n1N)c1ccc2c(c1)OCCCO2. The second-order valence-electron chi connectivity index (χ2n) is 8.37. The van der Waals surface area contributed by atoms with Crippen LogP contribution in [0.3, 0.4) is 0 Å². The lowest BCUT2D eigenvalue weighted by molar-refractivity contribution is -0.119. The van der Waals surface area contributed by atoms with E-state index in [2.05, 4.69) is 15.5 Å². The van der Waals surface area contributed by atoms with Gasteiger partial charge in [0.1, 0.15) is 5.82 Å². The first kappa shape index (κ1) is 23.9. The summed E-state index contributed by atoms with van der Waals surface area (Å²) >= 11 is 1.18. The molecule has 4 rings (SSSR count). The van der Waals surface area contributed by atoms with E-state index in [9.17, 15) is 9.18 Å². The first-order valence-electron chi connectivity index (χ1n) is 11.2. The molecule has 0 aliphatic carbocycles. The fraction of sp³-hybridized carbons (Fsp3) is 0.375. The maximum absolute atomic E-state index is 13.9. The fourth-order valence-electron chi connectivity index (χ4n) is 3.69. The summed E-state index contributed by atoms with van der Waals surface area (Å²) in [7, 11) is 0. The minimum absolute atomic E-state index is 0.114. The Morgan fingerprint density at radius 3 is 2.71 bits per heavy atom. The first-order valence-corrected chi connectivity index (χ1v) is 12.2. The largest absolute Gasteiger partial charge is 0.490 e. The highest BCUT2D eigenvalue weighted by molar-refractivity contribution is 7.99. The molecule has 180 valence electrons. The lowest BCUT2D eigenvalue weighted by atomic mass is 9.95. The van der Waals surface area contributed by atoms with Crippen molar-refractivity contribution in [1.82, 2.24) is 20.2 Å². The van der Waals surface area contributed by atoms with Crippen molar-refractivity contribution in [3.05, 3.63) is 65.2 Å².